The predicted molar refractivity (Wildman–Crippen MR) is 87.5 cm³/mol. The van der Waals surface area contributed by atoms with Crippen molar-refractivity contribution in [2.75, 3.05) is 13.1 Å². The molecule has 0 heterocycles. The van der Waals surface area contributed by atoms with Crippen LogP contribution in [0.5, 0.6) is 0 Å². The molecule has 1 aromatic rings. The van der Waals surface area contributed by atoms with Crippen molar-refractivity contribution < 1.29 is 4.79 Å². The summed E-state index contributed by atoms with van der Waals surface area (Å²) in [6.07, 6.45) is 2.12. The molecule has 0 unspecified atom stereocenters. The summed E-state index contributed by atoms with van der Waals surface area (Å²) in [5.74, 6) is 0.0737. The first-order chi connectivity index (χ1) is 8.93. The van der Waals surface area contributed by atoms with Crippen molar-refractivity contribution >= 4 is 29.9 Å². The SMILES string of the molecule is CC(C)(CNC(=O)CCCN)Cc1cccc(Cl)c1.Cl. The van der Waals surface area contributed by atoms with E-state index in [0.29, 0.717) is 19.5 Å². The molecule has 0 spiro atoms. The van der Waals surface area contributed by atoms with E-state index in [2.05, 4.69) is 25.2 Å². The molecule has 0 aliphatic rings. The summed E-state index contributed by atoms with van der Waals surface area (Å²) in [5.41, 5.74) is 6.57. The van der Waals surface area contributed by atoms with Crippen LogP contribution in [0.25, 0.3) is 0 Å². The maximum absolute atomic E-state index is 11.6. The second-order valence-corrected chi connectivity index (χ2v) is 6.08. The van der Waals surface area contributed by atoms with Crippen molar-refractivity contribution in [3.05, 3.63) is 34.9 Å². The van der Waals surface area contributed by atoms with Gasteiger partial charge in [0.25, 0.3) is 0 Å². The Morgan fingerprint density at radius 3 is 2.70 bits per heavy atom. The molecule has 3 nitrogen and oxygen atoms in total. The van der Waals surface area contributed by atoms with Gasteiger partial charge in [0.2, 0.25) is 5.91 Å². The number of carbonyl (C=O) groups is 1. The van der Waals surface area contributed by atoms with Gasteiger partial charge in [0, 0.05) is 18.0 Å². The van der Waals surface area contributed by atoms with E-state index in [0.717, 1.165) is 17.9 Å². The maximum atomic E-state index is 11.6. The molecule has 0 aliphatic heterocycles. The van der Waals surface area contributed by atoms with Gasteiger partial charge < -0.3 is 11.1 Å². The Bertz CT molecular complexity index is 422. The van der Waals surface area contributed by atoms with E-state index in [9.17, 15) is 4.79 Å². The Morgan fingerprint density at radius 1 is 1.40 bits per heavy atom. The Hall–Kier alpha value is -0.770. The third-order valence-electron chi connectivity index (χ3n) is 2.94. The van der Waals surface area contributed by atoms with Gasteiger partial charge in [-0.05, 0) is 42.5 Å². The van der Waals surface area contributed by atoms with Crippen molar-refractivity contribution in [3.63, 3.8) is 0 Å². The first-order valence-corrected chi connectivity index (χ1v) is 7.02. The van der Waals surface area contributed by atoms with E-state index in [1.165, 1.54) is 5.56 Å². The van der Waals surface area contributed by atoms with Crippen LogP contribution in [-0.4, -0.2) is 19.0 Å². The monoisotopic (exact) mass is 318 g/mol. The molecule has 0 saturated carbocycles. The average molecular weight is 319 g/mol. The summed E-state index contributed by atoms with van der Waals surface area (Å²) >= 11 is 5.98. The van der Waals surface area contributed by atoms with Gasteiger partial charge in [-0.15, -0.1) is 12.4 Å². The molecule has 0 aliphatic carbocycles. The highest BCUT2D eigenvalue weighted by molar-refractivity contribution is 6.30. The van der Waals surface area contributed by atoms with Gasteiger partial charge in [0.15, 0.2) is 0 Å². The van der Waals surface area contributed by atoms with Crippen LogP contribution in [0.15, 0.2) is 24.3 Å². The molecule has 0 radical (unpaired) electrons. The van der Waals surface area contributed by atoms with Crippen LogP contribution < -0.4 is 11.1 Å². The lowest BCUT2D eigenvalue weighted by atomic mass is 9.85. The fourth-order valence-electron chi connectivity index (χ4n) is 1.95. The van der Waals surface area contributed by atoms with Gasteiger partial charge in [0.1, 0.15) is 0 Å². The molecule has 0 atom stereocenters. The highest BCUT2D eigenvalue weighted by Crippen LogP contribution is 2.22. The molecule has 0 fully saturated rings. The van der Waals surface area contributed by atoms with Crippen molar-refractivity contribution in [2.24, 2.45) is 11.1 Å². The molecule has 1 amide bonds. The Morgan fingerprint density at radius 2 is 2.10 bits per heavy atom. The number of rotatable bonds is 7. The molecule has 5 heteroatoms. The van der Waals surface area contributed by atoms with E-state index in [1.54, 1.807) is 0 Å². The highest BCUT2D eigenvalue weighted by atomic mass is 35.5. The first kappa shape index (κ1) is 19.2. The molecular formula is C15H24Cl2N2O. The summed E-state index contributed by atoms with van der Waals surface area (Å²) in [4.78, 5) is 11.6. The van der Waals surface area contributed by atoms with Gasteiger partial charge in [-0.25, -0.2) is 0 Å². The van der Waals surface area contributed by atoms with E-state index < -0.39 is 0 Å². The average Bonchev–Trinajstić information content (AvgIpc) is 2.33. The lowest BCUT2D eigenvalue weighted by molar-refractivity contribution is -0.121. The fraction of sp³-hybridized carbons (Fsp3) is 0.533. The third-order valence-corrected chi connectivity index (χ3v) is 3.18. The minimum absolute atomic E-state index is 0. The van der Waals surface area contributed by atoms with Crippen molar-refractivity contribution in [1.82, 2.24) is 5.32 Å². The predicted octanol–water partition coefficient (Wildman–Crippen LogP) is 3.19. The number of amides is 1. The molecule has 1 rings (SSSR count). The standard InChI is InChI=1S/C15H23ClN2O.ClH/c1-15(2,11-18-14(19)7-4-8-17)10-12-5-3-6-13(16)9-12;/h3,5-6,9H,4,7-8,10-11,17H2,1-2H3,(H,18,19);1H. The van der Waals surface area contributed by atoms with E-state index in [1.807, 2.05) is 18.2 Å². The molecule has 3 N–H and O–H groups in total. The van der Waals surface area contributed by atoms with Gasteiger partial charge in [-0.2, -0.15) is 0 Å². The second-order valence-electron chi connectivity index (χ2n) is 5.64. The smallest absolute Gasteiger partial charge is 0.220 e. The zero-order chi connectivity index (χ0) is 14.3. The summed E-state index contributed by atoms with van der Waals surface area (Å²) in [6.45, 7) is 5.48. The zero-order valence-corrected chi connectivity index (χ0v) is 13.7. The largest absolute Gasteiger partial charge is 0.356 e. The number of nitrogens with one attached hydrogen (secondary N) is 1. The van der Waals surface area contributed by atoms with Crippen LogP contribution >= 0.6 is 24.0 Å². The molecular weight excluding hydrogens is 295 g/mol. The Balaban J connectivity index is 0.00000361. The fourth-order valence-corrected chi connectivity index (χ4v) is 2.16. The highest BCUT2D eigenvalue weighted by Gasteiger charge is 2.19. The van der Waals surface area contributed by atoms with Crippen molar-refractivity contribution in [1.29, 1.82) is 0 Å². The van der Waals surface area contributed by atoms with Gasteiger partial charge in [0.05, 0.1) is 0 Å². The number of benzene rings is 1. The molecule has 1 aromatic carbocycles. The lowest BCUT2D eigenvalue weighted by Gasteiger charge is -2.25. The number of hydrogen-bond donors (Lipinski definition) is 2. The Labute approximate surface area is 132 Å². The zero-order valence-electron chi connectivity index (χ0n) is 12.1. The normalized spacial score (nSPS) is 10.8. The molecule has 0 saturated heterocycles. The lowest BCUT2D eigenvalue weighted by Crippen LogP contribution is -2.35. The van der Waals surface area contributed by atoms with Crippen molar-refractivity contribution in [2.45, 2.75) is 33.1 Å². The van der Waals surface area contributed by atoms with Gasteiger partial charge in [-0.3, -0.25) is 4.79 Å². The van der Waals surface area contributed by atoms with E-state index >= 15 is 0 Å². The van der Waals surface area contributed by atoms with Gasteiger partial charge in [-0.1, -0.05) is 37.6 Å². The van der Waals surface area contributed by atoms with E-state index in [4.69, 9.17) is 17.3 Å². The van der Waals surface area contributed by atoms with Gasteiger partial charge >= 0.3 is 0 Å². The van der Waals surface area contributed by atoms with Crippen LogP contribution in [0, 0.1) is 5.41 Å². The topological polar surface area (TPSA) is 55.1 Å². The van der Waals surface area contributed by atoms with Crippen LogP contribution in [0.4, 0.5) is 0 Å². The number of halogens is 2. The number of nitrogens with two attached hydrogens (primary N) is 1. The Kier molecular flexibility index (Phi) is 8.86. The third kappa shape index (κ3) is 7.73. The quantitative estimate of drug-likeness (QED) is 0.811. The molecule has 0 aromatic heterocycles. The second kappa shape index (κ2) is 9.22. The summed E-state index contributed by atoms with van der Waals surface area (Å²) in [5, 5.41) is 3.72. The number of carbonyl (C=O) groups excluding carboxylic acids is 1. The number of hydrogen-bond acceptors (Lipinski definition) is 2. The molecule has 0 bridgehead atoms. The van der Waals surface area contributed by atoms with Crippen LogP contribution in [0.3, 0.4) is 0 Å². The minimum atomic E-state index is 0. The van der Waals surface area contributed by atoms with Crippen LogP contribution in [-0.2, 0) is 11.2 Å². The summed E-state index contributed by atoms with van der Waals surface area (Å²) < 4.78 is 0. The maximum Gasteiger partial charge on any atom is 0.220 e. The van der Waals surface area contributed by atoms with E-state index in [-0.39, 0.29) is 23.7 Å². The minimum Gasteiger partial charge on any atom is -0.356 e. The summed E-state index contributed by atoms with van der Waals surface area (Å²) in [7, 11) is 0. The van der Waals surface area contributed by atoms with Crippen LogP contribution in [0.1, 0.15) is 32.3 Å². The van der Waals surface area contributed by atoms with Crippen molar-refractivity contribution in [3.8, 4) is 0 Å². The molecule has 20 heavy (non-hydrogen) atoms. The molecule has 114 valence electrons. The van der Waals surface area contributed by atoms with Crippen LogP contribution in [0.2, 0.25) is 5.02 Å². The first-order valence-electron chi connectivity index (χ1n) is 6.64. The summed E-state index contributed by atoms with van der Waals surface area (Å²) in [6, 6.07) is 7.85.